The van der Waals surface area contributed by atoms with Gasteiger partial charge in [-0.3, -0.25) is 0 Å². The minimum atomic E-state index is -4.67. The highest BCUT2D eigenvalue weighted by molar-refractivity contribution is 5.68. The Kier molecular flexibility index (Phi) is 2.94. The maximum atomic E-state index is 12.0. The second-order valence-corrected chi connectivity index (χ2v) is 3.75. The van der Waals surface area contributed by atoms with E-state index in [4.69, 9.17) is 0 Å². The molecule has 6 heteroatoms. The Morgan fingerprint density at radius 1 is 1.22 bits per heavy atom. The van der Waals surface area contributed by atoms with Crippen LogP contribution in [0, 0.1) is 0 Å². The normalized spacial score (nSPS) is 15.4. The molecule has 1 aromatic rings. The van der Waals surface area contributed by atoms with Crippen LogP contribution in [-0.2, 0) is 0 Å². The van der Waals surface area contributed by atoms with Crippen LogP contribution >= 0.6 is 0 Å². The first kappa shape index (κ1) is 12.3. The van der Waals surface area contributed by atoms with E-state index in [2.05, 4.69) is 16.6 Å². The van der Waals surface area contributed by atoms with E-state index in [0.29, 0.717) is 5.82 Å². The number of nitrogens with zero attached hydrogens (tertiary/aromatic N) is 1. The van der Waals surface area contributed by atoms with E-state index in [0.717, 1.165) is 11.3 Å². The second-order valence-electron chi connectivity index (χ2n) is 3.75. The number of halogens is 3. The second kappa shape index (κ2) is 4.29. The molecule has 18 heavy (non-hydrogen) atoms. The number of benzene rings is 1. The van der Waals surface area contributed by atoms with Gasteiger partial charge in [0.25, 0.3) is 0 Å². The van der Waals surface area contributed by atoms with Crippen molar-refractivity contribution in [2.75, 3.05) is 7.05 Å². The first-order chi connectivity index (χ1) is 8.37. The topological polar surface area (TPSA) is 24.5 Å². The van der Waals surface area contributed by atoms with Gasteiger partial charge in [-0.15, -0.1) is 13.2 Å². The van der Waals surface area contributed by atoms with Crippen molar-refractivity contribution in [2.24, 2.45) is 0 Å². The Bertz CT molecular complexity index is 491. The average Bonchev–Trinajstić information content (AvgIpc) is 2.59. The van der Waals surface area contributed by atoms with Crippen molar-refractivity contribution in [3.05, 3.63) is 48.4 Å². The molecule has 0 amide bonds. The van der Waals surface area contributed by atoms with Crippen molar-refractivity contribution in [1.82, 2.24) is 10.2 Å². The summed E-state index contributed by atoms with van der Waals surface area (Å²) in [5, 5.41) is 2.93. The highest BCUT2D eigenvalue weighted by atomic mass is 19.4. The first-order valence-electron chi connectivity index (χ1n) is 5.12. The smallest absolute Gasteiger partial charge is 0.406 e. The minimum absolute atomic E-state index is 0.237. The number of nitrogens with one attached hydrogen (secondary N) is 1. The van der Waals surface area contributed by atoms with Crippen LogP contribution in [0.25, 0.3) is 5.70 Å². The summed E-state index contributed by atoms with van der Waals surface area (Å²) < 4.78 is 39.8. The fourth-order valence-corrected chi connectivity index (χ4v) is 1.60. The molecule has 1 aliphatic heterocycles. The maximum absolute atomic E-state index is 12.0. The van der Waals surface area contributed by atoms with Crippen LogP contribution in [-0.4, -0.2) is 18.3 Å². The third-order valence-electron chi connectivity index (χ3n) is 2.53. The van der Waals surface area contributed by atoms with E-state index in [9.17, 15) is 13.2 Å². The average molecular weight is 256 g/mol. The van der Waals surface area contributed by atoms with E-state index >= 15 is 0 Å². The summed E-state index contributed by atoms with van der Waals surface area (Å²) in [6, 6.07) is 5.67. The fraction of sp³-hybridized carbons (Fsp3) is 0.167. The number of ether oxygens (including phenoxy) is 1. The predicted octanol–water partition coefficient (Wildman–Crippen LogP) is 2.89. The lowest BCUT2D eigenvalue weighted by Crippen LogP contribution is -2.17. The van der Waals surface area contributed by atoms with Crippen molar-refractivity contribution in [2.45, 2.75) is 6.36 Å². The highest BCUT2D eigenvalue weighted by Gasteiger charge is 2.31. The molecule has 1 N–H and O–H groups in total. The van der Waals surface area contributed by atoms with Gasteiger partial charge in [-0.05, 0) is 29.8 Å². The van der Waals surface area contributed by atoms with Gasteiger partial charge in [-0.2, -0.15) is 0 Å². The van der Waals surface area contributed by atoms with Crippen molar-refractivity contribution in [3.63, 3.8) is 0 Å². The minimum Gasteiger partial charge on any atom is -0.406 e. The molecule has 1 aromatic carbocycles. The van der Waals surface area contributed by atoms with Crippen LogP contribution < -0.4 is 10.1 Å². The molecule has 0 aliphatic carbocycles. The lowest BCUT2D eigenvalue weighted by atomic mass is 10.1. The van der Waals surface area contributed by atoms with Crippen LogP contribution in [0.5, 0.6) is 5.75 Å². The van der Waals surface area contributed by atoms with Crippen LogP contribution in [0.2, 0.25) is 0 Å². The summed E-state index contributed by atoms with van der Waals surface area (Å²) in [5.41, 5.74) is 1.61. The van der Waals surface area contributed by atoms with E-state index in [1.807, 2.05) is 7.05 Å². The third kappa shape index (κ3) is 2.58. The molecule has 1 heterocycles. The molecule has 0 saturated carbocycles. The molecular formula is C12H11F3N2O. The molecule has 0 atom stereocenters. The third-order valence-corrected chi connectivity index (χ3v) is 2.53. The summed E-state index contributed by atoms with van der Waals surface area (Å²) in [7, 11) is 1.81. The monoisotopic (exact) mass is 256 g/mol. The molecule has 96 valence electrons. The summed E-state index contributed by atoms with van der Waals surface area (Å²) in [4.78, 5) is 1.81. The van der Waals surface area contributed by atoms with Crippen molar-refractivity contribution in [1.29, 1.82) is 0 Å². The number of rotatable bonds is 2. The molecule has 0 unspecified atom stereocenters. The van der Waals surface area contributed by atoms with Crippen molar-refractivity contribution >= 4 is 5.70 Å². The van der Waals surface area contributed by atoms with Gasteiger partial charge in [-0.1, -0.05) is 6.58 Å². The molecule has 2 rings (SSSR count). The molecule has 0 spiro atoms. The summed E-state index contributed by atoms with van der Waals surface area (Å²) >= 11 is 0. The molecule has 0 radical (unpaired) electrons. The van der Waals surface area contributed by atoms with Gasteiger partial charge in [0.05, 0.1) is 5.70 Å². The van der Waals surface area contributed by atoms with Gasteiger partial charge in [0.1, 0.15) is 11.6 Å². The summed E-state index contributed by atoms with van der Waals surface area (Å²) in [5.74, 6) is 0.472. The van der Waals surface area contributed by atoms with Gasteiger partial charge < -0.3 is 15.0 Å². The van der Waals surface area contributed by atoms with Gasteiger partial charge in [0, 0.05) is 13.2 Å². The first-order valence-corrected chi connectivity index (χ1v) is 5.12. The van der Waals surface area contributed by atoms with Crippen molar-refractivity contribution < 1.29 is 17.9 Å². The zero-order chi connectivity index (χ0) is 13.3. The molecule has 3 nitrogen and oxygen atoms in total. The number of hydrogen-bond donors (Lipinski definition) is 1. The zero-order valence-electron chi connectivity index (χ0n) is 9.58. The Labute approximate surface area is 102 Å². The van der Waals surface area contributed by atoms with Crippen LogP contribution in [0.3, 0.4) is 0 Å². The summed E-state index contributed by atoms with van der Waals surface area (Å²) in [6.07, 6.45) is -2.93. The fourth-order valence-electron chi connectivity index (χ4n) is 1.60. The highest BCUT2D eigenvalue weighted by Crippen LogP contribution is 2.27. The van der Waals surface area contributed by atoms with Crippen LogP contribution in [0.1, 0.15) is 5.56 Å². The number of alkyl halides is 3. The lowest BCUT2D eigenvalue weighted by molar-refractivity contribution is -0.274. The molecule has 0 aromatic heterocycles. The molecule has 0 saturated heterocycles. The van der Waals surface area contributed by atoms with E-state index < -0.39 is 6.36 Å². The largest absolute Gasteiger partial charge is 0.573 e. The van der Waals surface area contributed by atoms with E-state index in [-0.39, 0.29) is 5.75 Å². The molecule has 1 aliphatic rings. The Morgan fingerprint density at radius 3 is 2.28 bits per heavy atom. The quantitative estimate of drug-likeness (QED) is 0.880. The Hall–Kier alpha value is -2.11. The SMILES string of the molecule is C=C1NC=C(c2ccc(OC(F)(F)F)cc2)N1C. The van der Waals surface area contributed by atoms with Gasteiger partial charge in [-0.25, -0.2) is 0 Å². The van der Waals surface area contributed by atoms with Crippen LogP contribution in [0.4, 0.5) is 13.2 Å². The lowest BCUT2D eigenvalue weighted by Gasteiger charge is -2.16. The molecule has 0 bridgehead atoms. The van der Waals surface area contributed by atoms with E-state index in [1.54, 1.807) is 23.2 Å². The summed E-state index contributed by atoms with van der Waals surface area (Å²) in [6.45, 7) is 3.77. The van der Waals surface area contributed by atoms with Crippen molar-refractivity contribution in [3.8, 4) is 5.75 Å². The van der Waals surface area contributed by atoms with E-state index in [1.165, 1.54) is 12.1 Å². The van der Waals surface area contributed by atoms with Gasteiger partial charge in [0.2, 0.25) is 0 Å². The van der Waals surface area contributed by atoms with Gasteiger partial charge in [0.15, 0.2) is 0 Å². The zero-order valence-corrected chi connectivity index (χ0v) is 9.58. The Balaban J connectivity index is 2.16. The predicted molar refractivity (Wildman–Crippen MR) is 61.1 cm³/mol. The maximum Gasteiger partial charge on any atom is 0.573 e. The Morgan fingerprint density at radius 2 is 1.83 bits per heavy atom. The molecule has 0 fully saturated rings. The number of hydrogen-bond acceptors (Lipinski definition) is 3. The van der Waals surface area contributed by atoms with Gasteiger partial charge >= 0.3 is 6.36 Å². The standard InChI is InChI=1S/C12H11F3N2O/c1-8-16-7-11(17(8)2)9-3-5-10(6-4-9)18-12(13,14)15/h3-7,16H,1H2,2H3. The molecular weight excluding hydrogens is 245 g/mol. The van der Waals surface area contributed by atoms with Crippen LogP contribution in [0.15, 0.2) is 42.9 Å².